The van der Waals surface area contributed by atoms with Crippen molar-refractivity contribution in [1.29, 1.82) is 0 Å². The zero-order valence-electron chi connectivity index (χ0n) is 13.9. The second-order valence-corrected chi connectivity index (χ2v) is 6.66. The molecule has 2 rings (SSSR count). The molecule has 2 amide bonds. The Hall–Kier alpha value is -2.34. The van der Waals surface area contributed by atoms with Crippen molar-refractivity contribution in [2.75, 3.05) is 18.2 Å². The Morgan fingerprint density at radius 3 is 2.58 bits per heavy atom. The maximum Gasteiger partial charge on any atom is 0.319 e. The number of benzene rings is 2. The summed E-state index contributed by atoms with van der Waals surface area (Å²) in [5.41, 5.74) is 1.62. The van der Waals surface area contributed by atoms with E-state index in [0.717, 1.165) is 22.6 Å². The summed E-state index contributed by atoms with van der Waals surface area (Å²) in [5, 5.41) is 5.57. The van der Waals surface area contributed by atoms with Crippen LogP contribution in [0.2, 0.25) is 0 Å². The number of carbonyl (C=O) groups is 1. The highest BCUT2D eigenvalue weighted by Gasteiger charge is 2.04. The van der Waals surface area contributed by atoms with Gasteiger partial charge in [-0.2, -0.15) is 0 Å². The van der Waals surface area contributed by atoms with Crippen molar-refractivity contribution in [3.05, 3.63) is 54.1 Å². The fourth-order valence-electron chi connectivity index (χ4n) is 2.04. The first-order valence-electron chi connectivity index (χ1n) is 7.78. The molecular weight excluding hydrogens is 324 g/mol. The number of amides is 2. The number of nitrogens with one attached hydrogen (secondary N) is 2. The van der Waals surface area contributed by atoms with Gasteiger partial charge in [0.2, 0.25) is 0 Å². The summed E-state index contributed by atoms with van der Waals surface area (Å²) in [4.78, 5) is 12.7. The number of rotatable bonds is 7. The van der Waals surface area contributed by atoms with Gasteiger partial charge in [-0.1, -0.05) is 25.1 Å². The Bertz CT molecular complexity index is 702. The van der Waals surface area contributed by atoms with Crippen molar-refractivity contribution in [1.82, 2.24) is 5.32 Å². The molecule has 6 heteroatoms. The van der Waals surface area contributed by atoms with E-state index in [1.807, 2.05) is 37.3 Å². The highest BCUT2D eigenvalue weighted by atomic mass is 32.2. The molecule has 0 aliphatic carbocycles. The van der Waals surface area contributed by atoms with E-state index in [1.165, 1.54) is 0 Å². The van der Waals surface area contributed by atoms with Gasteiger partial charge in [0.25, 0.3) is 0 Å². The Balaban J connectivity index is 1.85. The summed E-state index contributed by atoms with van der Waals surface area (Å²) in [6.45, 7) is 3.09. The molecule has 2 aromatic rings. The molecule has 0 aliphatic rings. The minimum atomic E-state index is -0.993. The summed E-state index contributed by atoms with van der Waals surface area (Å²) >= 11 is 0. The molecular formula is C18H22N2O3S. The number of anilines is 1. The second kappa shape index (κ2) is 9.08. The van der Waals surface area contributed by atoms with E-state index in [-0.39, 0.29) is 6.03 Å². The van der Waals surface area contributed by atoms with Crippen LogP contribution >= 0.6 is 0 Å². The van der Waals surface area contributed by atoms with Crippen LogP contribution in [0.15, 0.2) is 53.4 Å². The van der Waals surface area contributed by atoms with Crippen LogP contribution in [-0.4, -0.2) is 23.1 Å². The summed E-state index contributed by atoms with van der Waals surface area (Å²) < 4.78 is 16.9. The molecule has 24 heavy (non-hydrogen) atoms. The lowest BCUT2D eigenvalue weighted by Crippen LogP contribution is -2.28. The lowest BCUT2D eigenvalue weighted by atomic mass is 10.2. The normalized spacial score (nSPS) is 11.6. The molecule has 0 spiro atoms. The van der Waals surface area contributed by atoms with Crippen molar-refractivity contribution in [2.45, 2.75) is 24.8 Å². The molecule has 0 radical (unpaired) electrons. The van der Waals surface area contributed by atoms with Crippen molar-refractivity contribution in [2.24, 2.45) is 0 Å². The SMILES string of the molecule is CCCOc1cccc(NC(=O)NCc2ccc(S(C)=O)cc2)c1. The van der Waals surface area contributed by atoms with Crippen molar-refractivity contribution < 1.29 is 13.7 Å². The molecule has 0 bridgehead atoms. The predicted octanol–water partition coefficient (Wildman–Crippen LogP) is 3.53. The lowest BCUT2D eigenvalue weighted by Gasteiger charge is -2.10. The standard InChI is InChI=1S/C18H22N2O3S/c1-3-11-23-16-6-4-5-15(12-16)20-18(21)19-13-14-7-9-17(10-8-14)24(2)22/h4-10,12H,3,11,13H2,1-2H3,(H2,19,20,21). The zero-order chi connectivity index (χ0) is 17.4. The number of ether oxygens (including phenoxy) is 1. The third kappa shape index (κ3) is 5.70. The molecule has 2 N–H and O–H groups in total. The number of carbonyl (C=O) groups excluding carboxylic acids is 1. The van der Waals surface area contributed by atoms with Crippen LogP contribution in [0, 0.1) is 0 Å². The molecule has 0 saturated heterocycles. The van der Waals surface area contributed by atoms with Gasteiger partial charge in [0.15, 0.2) is 0 Å². The molecule has 128 valence electrons. The van der Waals surface area contributed by atoms with E-state index in [9.17, 15) is 9.00 Å². The largest absolute Gasteiger partial charge is 0.494 e. The fourth-order valence-corrected chi connectivity index (χ4v) is 2.56. The van der Waals surface area contributed by atoms with Crippen LogP contribution in [0.5, 0.6) is 5.75 Å². The lowest BCUT2D eigenvalue weighted by molar-refractivity contribution is 0.251. The average molecular weight is 346 g/mol. The Morgan fingerprint density at radius 2 is 1.92 bits per heavy atom. The van der Waals surface area contributed by atoms with Crippen molar-refractivity contribution in [3.8, 4) is 5.75 Å². The predicted molar refractivity (Wildman–Crippen MR) is 96.9 cm³/mol. The van der Waals surface area contributed by atoms with Crippen molar-refractivity contribution >= 4 is 22.5 Å². The molecule has 0 aliphatic heterocycles. The van der Waals surface area contributed by atoms with Gasteiger partial charge in [-0.05, 0) is 36.2 Å². The third-order valence-electron chi connectivity index (χ3n) is 3.27. The first-order valence-corrected chi connectivity index (χ1v) is 9.34. The molecule has 1 unspecified atom stereocenters. The number of hydrogen-bond acceptors (Lipinski definition) is 3. The summed E-state index contributed by atoms with van der Waals surface area (Å²) in [6.07, 6.45) is 2.57. The first-order chi connectivity index (χ1) is 11.6. The molecule has 0 fully saturated rings. The second-order valence-electron chi connectivity index (χ2n) is 5.28. The Labute approximate surface area is 144 Å². The number of urea groups is 1. The first kappa shape index (κ1) is 18.0. The highest BCUT2D eigenvalue weighted by molar-refractivity contribution is 7.84. The highest BCUT2D eigenvalue weighted by Crippen LogP contribution is 2.17. The van der Waals surface area contributed by atoms with E-state index in [1.54, 1.807) is 24.5 Å². The smallest absolute Gasteiger partial charge is 0.319 e. The van der Waals surface area contributed by atoms with Crippen molar-refractivity contribution in [3.63, 3.8) is 0 Å². The van der Waals surface area contributed by atoms with Crippen LogP contribution in [-0.2, 0) is 17.3 Å². The van der Waals surface area contributed by atoms with Gasteiger partial charge in [-0.15, -0.1) is 0 Å². The summed E-state index contributed by atoms with van der Waals surface area (Å²) in [6, 6.07) is 14.3. The third-order valence-corrected chi connectivity index (χ3v) is 4.21. The Morgan fingerprint density at radius 1 is 1.17 bits per heavy atom. The zero-order valence-corrected chi connectivity index (χ0v) is 14.7. The van der Waals surface area contributed by atoms with E-state index in [2.05, 4.69) is 10.6 Å². The number of hydrogen-bond donors (Lipinski definition) is 2. The van der Waals surface area contributed by atoms with Gasteiger partial charge >= 0.3 is 6.03 Å². The van der Waals surface area contributed by atoms with E-state index in [4.69, 9.17) is 4.74 Å². The molecule has 0 saturated carbocycles. The minimum Gasteiger partial charge on any atom is -0.494 e. The van der Waals surface area contributed by atoms with Crippen LogP contribution in [0.1, 0.15) is 18.9 Å². The van der Waals surface area contributed by atoms with Gasteiger partial charge in [-0.25, -0.2) is 4.79 Å². The van der Waals surface area contributed by atoms with E-state index < -0.39 is 10.8 Å². The van der Waals surface area contributed by atoms with Crippen LogP contribution in [0.25, 0.3) is 0 Å². The molecule has 1 atom stereocenters. The van der Waals surface area contributed by atoms with E-state index in [0.29, 0.717) is 18.8 Å². The summed E-state index contributed by atoms with van der Waals surface area (Å²) in [5.74, 6) is 0.734. The fraction of sp³-hybridized carbons (Fsp3) is 0.278. The van der Waals surface area contributed by atoms with Crippen LogP contribution in [0.3, 0.4) is 0 Å². The van der Waals surface area contributed by atoms with Gasteiger partial charge in [0.05, 0.1) is 6.61 Å². The molecule has 5 nitrogen and oxygen atoms in total. The van der Waals surface area contributed by atoms with Crippen LogP contribution < -0.4 is 15.4 Å². The monoisotopic (exact) mass is 346 g/mol. The van der Waals surface area contributed by atoms with Crippen LogP contribution in [0.4, 0.5) is 10.5 Å². The average Bonchev–Trinajstić information content (AvgIpc) is 2.59. The maximum atomic E-state index is 12.0. The van der Waals surface area contributed by atoms with Gasteiger partial charge < -0.3 is 15.4 Å². The summed E-state index contributed by atoms with van der Waals surface area (Å²) in [7, 11) is -0.993. The molecule has 2 aromatic carbocycles. The van der Waals surface area contributed by atoms with Gasteiger partial charge in [-0.3, -0.25) is 4.21 Å². The molecule has 0 aromatic heterocycles. The Kier molecular flexibility index (Phi) is 6.81. The van der Waals surface area contributed by atoms with E-state index >= 15 is 0 Å². The van der Waals surface area contributed by atoms with Gasteiger partial charge in [0, 0.05) is 40.2 Å². The maximum absolute atomic E-state index is 12.0. The van der Waals surface area contributed by atoms with Gasteiger partial charge in [0.1, 0.15) is 5.75 Å². The molecule has 0 heterocycles. The minimum absolute atomic E-state index is 0.286. The topological polar surface area (TPSA) is 67.4 Å². The quantitative estimate of drug-likeness (QED) is 0.806.